The van der Waals surface area contributed by atoms with Crippen LogP contribution in [0.5, 0.6) is 5.75 Å². The molecule has 0 aliphatic carbocycles. The van der Waals surface area contributed by atoms with Gasteiger partial charge in [0.1, 0.15) is 11.4 Å². The average Bonchev–Trinajstić information content (AvgIpc) is 2.36. The highest BCUT2D eigenvalue weighted by atomic mass is 17.2. The lowest BCUT2D eigenvalue weighted by Crippen LogP contribution is -2.46. The topological polar surface area (TPSA) is 85.2 Å². The van der Waals surface area contributed by atoms with Gasteiger partial charge in [-0.25, -0.2) is 9.68 Å². The van der Waals surface area contributed by atoms with Crippen molar-refractivity contribution in [3.05, 3.63) is 30.3 Å². The molecule has 0 saturated carbocycles. The molecule has 0 bridgehead atoms. The zero-order valence-corrected chi connectivity index (χ0v) is 12.7. The van der Waals surface area contributed by atoms with Crippen molar-refractivity contribution in [2.24, 2.45) is 0 Å². The maximum absolute atomic E-state index is 11.4. The number of carboxylic acid groups (broad SMARTS) is 1. The van der Waals surface area contributed by atoms with Crippen LogP contribution in [0.25, 0.3) is 0 Å². The first-order valence-corrected chi connectivity index (χ1v) is 6.67. The molecule has 2 atom stereocenters. The number of aliphatic hydroxyl groups excluding tert-OH is 1. The minimum Gasteiger partial charge on any atom is -0.476 e. The van der Waals surface area contributed by atoms with Gasteiger partial charge in [-0.05, 0) is 32.9 Å². The van der Waals surface area contributed by atoms with Crippen LogP contribution in [0.4, 0.5) is 0 Å². The second-order valence-corrected chi connectivity index (χ2v) is 5.65. The van der Waals surface area contributed by atoms with E-state index in [4.69, 9.17) is 14.5 Å². The third-order valence-corrected chi connectivity index (χ3v) is 2.66. The lowest BCUT2D eigenvalue weighted by molar-refractivity contribution is -0.433. The molecule has 0 aromatic heterocycles. The molecule has 0 heterocycles. The molecule has 1 aromatic rings. The lowest BCUT2D eigenvalue weighted by Gasteiger charge is -2.31. The summed E-state index contributed by atoms with van der Waals surface area (Å²) >= 11 is 0. The SMILES string of the molecule is CC(O)CC(C)(C)OOC(C)(Oc1ccccc1)C(=O)O. The molecule has 0 aliphatic heterocycles. The Labute approximate surface area is 124 Å². The summed E-state index contributed by atoms with van der Waals surface area (Å²) in [7, 11) is 0. The van der Waals surface area contributed by atoms with Gasteiger partial charge in [-0.15, -0.1) is 0 Å². The van der Waals surface area contributed by atoms with Crippen molar-refractivity contribution in [1.82, 2.24) is 0 Å². The van der Waals surface area contributed by atoms with E-state index in [-0.39, 0.29) is 6.42 Å². The van der Waals surface area contributed by atoms with Gasteiger partial charge in [0.25, 0.3) is 0 Å². The first kappa shape index (κ1) is 17.4. The number of carboxylic acids is 1. The van der Waals surface area contributed by atoms with Crippen molar-refractivity contribution < 1.29 is 29.5 Å². The molecule has 2 N–H and O–H groups in total. The second kappa shape index (κ2) is 6.89. The van der Waals surface area contributed by atoms with Gasteiger partial charge in [-0.2, -0.15) is 4.89 Å². The predicted molar refractivity (Wildman–Crippen MR) is 75.7 cm³/mol. The van der Waals surface area contributed by atoms with Gasteiger partial charge in [0, 0.05) is 13.3 Å². The minimum absolute atomic E-state index is 0.286. The molecule has 0 saturated heterocycles. The highest BCUT2D eigenvalue weighted by Crippen LogP contribution is 2.24. The molecular formula is C15H22O6. The molecule has 2 unspecified atom stereocenters. The maximum atomic E-state index is 11.4. The van der Waals surface area contributed by atoms with Gasteiger partial charge >= 0.3 is 11.8 Å². The number of para-hydroxylation sites is 1. The van der Waals surface area contributed by atoms with E-state index < -0.39 is 23.5 Å². The van der Waals surface area contributed by atoms with Crippen LogP contribution >= 0.6 is 0 Å². The highest BCUT2D eigenvalue weighted by Gasteiger charge is 2.41. The minimum atomic E-state index is -1.99. The predicted octanol–water partition coefficient (Wildman–Crippen LogP) is 2.36. The standard InChI is InChI=1S/C15H22O6/c1-11(16)10-14(2,3)20-21-15(4,13(17)18)19-12-8-6-5-7-9-12/h5-9,11,16H,10H2,1-4H3,(H,17,18). The third-order valence-electron chi connectivity index (χ3n) is 2.66. The molecule has 118 valence electrons. The van der Waals surface area contributed by atoms with Crippen molar-refractivity contribution in [3.63, 3.8) is 0 Å². The van der Waals surface area contributed by atoms with Gasteiger partial charge in [0.05, 0.1) is 6.10 Å². The third kappa shape index (κ3) is 5.71. The van der Waals surface area contributed by atoms with Crippen LogP contribution in [-0.2, 0) is 14.6 Å². The Morgan fingerprint density at radius 2 is 1.76 bits per heavy atom. The number of aliphatic hydroxyl groups is 1. The summed E-state index contributed by atoms with van der Waals surface area (Å²) in [5.74, 6) is -2.96. The van der Waals surface area contributed by atoms with Crippen LogP contribution in [0.15, 0.2) is 30.3 Å². The van der Waals surface area contributed by atoms with Crippen LogP contribution in [0.2, 0.25) is 0 Å². The largest absolute Gasteiger partial charge is 0.476 e. The lowest BCUT2D eigenvalue weighted by atomic mass is 10.0. The normalized spacial score (nSPS) is 16.0. The second-order valence-electron chi connectivity index (χ2n) is 5.65. The Balaban J connectivity index is 2.75. The van der Waals surface area contributed by atoms with E-state index in [1.165, 1.54) is 6.92 Å². The van der Waals surface area contributed by atoms with E-state index >= 15 is 0 Å². The molecule has 6 heteroatoms. The van der Waals surface area contributed by atoms with Crippen molar-refractivity contribution in [3.8, 4) is 5.75 Å². The van der Waals surface area contributed by atoms with Crippen LogP contribution in [0, 0.1) is 0 Å². The molecule has 0 fully saturated rings. The number of hydrogen-bond acceptors (Lipinski definition) is 5. The molecule has 21 heavy (non-hydrogen) atoms. The van der Waals surface area contributed by atoms with Gasteiger partial charge in [-0.1, -0.05) is 18.2 Å². The highest BCUT2D eigenvalue weighted by molar-refractivity contribution is 5.75. The van der Waals surface area contributed by atoms with Crippen LogP contribution in [0.1, 0.15) is 34.1 Å². The summed E-state index contributed by atoms with van der Waals surface area (Å²) in [5, 5.41) is 18.7. The molecule has 0 amide bonds. The number of rotatable bonds is 8. The zero-order valence-electron chi connectivity index (χ0n) is 12.7. The molecule has 0 aliphatic rings. The van der Waals surface area contributed by atoms with Gasteiger partial charge < -0.3 is 14.9 Å². The van der Waals surface area contributed by atoms with E-state index in [0.29, 0.717) is 5.75 Å². The molecule has 1 aromatic carbocycles. The van der Waals surface area contributed by atoms with E-state index in [1.54, 1.807) is 51.1 Å². The zero-order chi connectivity index (χ0) is 16.1. The fourth-order valence-corrected chi connectivity index (χ4v) is 1.75. The Hall–Kier alpha value is -1.63. The Morgan fingerprint density at radius 3 is 2.24 bits per heavy atom. The number of ether oxygens (including phenoxy) is 1. The van der Waals surface area contributed by atoms with Crippen molar-refractivity contribution in [1.29, 1.82) is 0 Å². The molecule has 0 radical (unpaired) electrons. The van der Waals surface area contributed by atoms with Crippen molar-refractivity contribution in [2.45, 2.75) is 51.6 Å². The quantitative estimate of drug-likeness (QED) is 0.435. The Bertz CT molecular complexity index is 456. The van der Waals surface area contributed by atoms with Gasteiger partial charge in [0.2, 0.25) is 0 Å². The van der Waals surface area contributed by atoms with E-state index in [1.807, 2.05) is 0 Å². The Kier molecular flexibility index (Phi) is 5.71. The molecule has 0 spiro atoms. The number of hydrogen-bond donors (Lipinski definition) is 2. The number of carbonyl (C=O) groups is 1. The number of benzene rings is 1. The van der Waals surface area contributed by atoms with Crippen molar-refractivity contribution >= 4 is 5.97 Å². The summed E-state index contributed by atoms with van der Waals surface area (Å²) < 4.78 is 5.35. The van der Waals surface area contributed by atoms with Crippen molar-refractivity contribution in [2.75, 3.05) is 0 Å². The summed E-state index contributed by atoms with van der Waals surface area (Å²) in [4.78, 5) is 21.6. The van der Waals surface area contributed by atoms with Crippen LogP contribution < -0.4 is 4.74 Å². The van der Waals surface area contributed by atoms with E-state index in [0.717, 1.165) is 0 Å². The summed E-state index contributed by atoms with van der Waals surface area (Å²) in [6.07, 6.45) is -0.316. The van der Waals surface area contributed by atoms with Gasteiger partial charge in [-0.3, -0.25) is 0 Å². The molecule has 1 rings (SSSR count). The smallest absolute Gasteiger partial charge is 0.379 e. The summed E-state index contributed by atoms with van der Waals surface area (Å²) in [5.41, 5.74) is -0.856. The summed E-state index contributed by atoms with van der Waals surface area (Å²) in [6.45, 7) is 6.23. The van der Waals surface area contributed by atoms with Crippen LogP contribution in [0.3, 0.4) is 0 Å². The van der Waals surface area contributed by atoms with Gasteiger partial charge in [0.15, 0.2) is 0 Å². The first-order chi connectivity index (χ1) is 9.65. The van der Waals surface area contributed by atoms with E-state index in [2.05, 4.69) is 0 Å². The monoisotopic (exact) mass is 298 g/mol. The molecule has 6 nitrogen and oxygen atoms in total. The first-order valence-electron chi connectivity index (χ1n) is 6.67. The average molecular weight is 298 g/mol. The maximum Gasteiger partial charge on any atom is 0.379 e. The summed E-state index contributed by atoms with van der Waals surface area (Å²) in [6, 6.07) is 8.46. The fraction of sp³-hybridized carbons (Fsp3) is 0.533. The van der Waals surface area contributed by atoms with E-state index in [9.17, 15) is 15.0 Å². The van der Waals surface area contributed by atoms with Crippen LogP contribution in [-0.4, -0.2) is 33.7 Å². The fourth-order valence-electron chi connectivity index (χ4n) is 1.75. The molecular weight excluding hydrogens is 276 g/mol. The Morgan fingerprint density at radius 1 is 1.19 bits per heavy atom. The number of aliphatic carboxylic acids is 1.